The molecular weight excluding hydrogens is 256 g/mol. The first-order valence-electron chi connectivity index (χ1n) is 7.36. The van der Waals surface area contributed by atoms with E-state index in [4.69, 9.17) is 5.11 Å². The summed E-state index contributed by atoms with van der Waals surface area (Å²) >= 11 is 0. The third-order valence-corrected chi connectivity index (χ3v) is 4.33. The molecule has 1 aliphatic rings. The number of urea groups is 1. The van der Waals surface area contributed by atoms with Gasteiger partial charge in [0.2, 0.25) is 0 Å². The van der Waals surface area contributed by atoms with Crippen molar-refractivity contribution < 1.29 is 14.7 Å². The van der Waals surface area contributed by atoms with Crippen molar-refractivity contribution in [3.63, 3.8) is 0 Å². The van der Waals surface area contributed by atoms with Crippen LogP contribution in [0.5, 0.6) is 0 Å². The molecular formula is C15H28N2O3. The van der Waals surface area contributed by atoms with Crippen LogP contribution in [-0.2, 0) is 4.79 Å². The van der Waals surface area contributed by atoms with E-state index < -0.39 is 5.97 Å². The van der Waals surface area contributed by atoms with Crippen LogP contribution >= 0.6 is 0 Å². The summed E-state index contributed by atoms with van der Waals surface area (Å²) in [7, 11) is 0. The van der Waals surface area contributed by atoms with E-state index in [1.54, 1.807) is 0 Å². The summed E-state index contributed by atoms with van der Waals surface area (Å²) in [4.78, 5) is 22.2. The van der Waals surface area contributed by atoms with Crippen molar-refractivity contribution in [1.82, 2.24) is 10.6 Å². The molecule has 0 aromatic carbocycles. The van der Waals surface area contributed by atoms with E-state index in [2.05, 4.69) is 24.5 Å². The van der Waals surface area contributed by atoms with Crippen LogP contribution in [0.2, 0.25) is 0 Å². The minimum atomic E-state index is -0.768. The Bertz CT molecular complexity index is 364. The fourth-order valence-electron chi connectivity index (χ4n) is 2.29. The molecule has 0 bridgehead atoms. The molecule has 116 valence electrons. The Morgan fingerprint density at radius 3 is 2.35 bits per heavy atom. The van der Waals surface area contributed by atoms with E-state index in [1.165, 1.54) is 6.42 Å². The summed E-state index contributed by atoms with van der Waals surface area (Å²) in [6.45, 7) is 9.79. The number of carboxylic acid groups (broad SMARTS) is 1. The van der Waals surface area contributed by atoms with Gasteiger partial charge in [0.05, 0.1) is 0 Å². The first-order chi connectivity index (χ1) is 9.12. The lowest BCUT2D eigenvalue weighted by molar-refractivity contribution is -0.137. The highest BCUT2D eigenvalue weighted by atomic mass is 16.4. The Hall–Kier alpha value is -1.26. The molecule has 5 heteroatoms. The maximum absolute atomic E-state index is 11.6. The van der Waals surface area contributed by atoms with Crippen molar-refractivity contribution in [2.75, 3.05) is 13.1 Å². The molecule has 0 heterocycles. The third kappa shape index (κ3) is 6.26. The minimum absolute atomic E-state index is 0.0653. The summed E-state index contributed by atoms with van der Waals surface area (Å²) in [5.41, 5.74) is 0.316. The highest BCUT2D eigenvalue weighted by Crippen LogP contribution is 2.50. The number of carbonyl (C=O) groups is 2. The molecule has 1 rings (SSSR count). The summed E-state index contributed by atoms with van der Waals surface area (Å²) in [5.74, 6) is -0.170. The molecule has 2 amide bonds. The lowest BCUT2D eigenvalue weighted by Gasteiger charge is -2.23. The highest BCUT2D eigenvalue weighted by Gasteiger charge is 2.45. The van der Waals surface area contributed by atoms with E-state index in [1.807, 2.05) is 13.8 Å². The second-order valence-electron chi connectivity index (χ2n) is 7.33. The zero-order chi connectivity index (χ0) is 15.4. The van der Waals surface area contributed by atoms with Crippen molar-refractivity contribution >= 4 is 12.0 Å². The van der Waals surface area contributed by atoms with Crippen molar-refractivity contribution in [2.45, 2.75) is 53.4 Å². The van der Waals surface area contributed by atoms with Crippen molar-refractivity contribution in [2.24, 2.45) is 16.7 Å². The van der Waals surface area contributed by atoms with Crippen LogP contribution < -0.4 is 10.6 Å². The number of carbonyl (C=O) groups excluding carboxylic acids is 1. The summed E-state index contributed by atoms with van der Waals surface area (Å²) in [6, 6.07) is -0.123. The lowest BCUT2D eigenvalue weighted by Crippen LogP contribution is -2.38. The number of hydrogen-bond donors (Lipinski definition) is 3. The summed E-state index contributed by atoms with van der Waals surface area (Å²) < 4.78 is 0. The Morgan fingerprint density at radius 1 is 1.25 bits per heavy atom. The predicted octanol–water partition coefficient (Wildman–Crippen LogP) is 2.61. The molecule has 1 atom stereocenters. The van der Waals surface area contributed by atoms with Crippen LogP contribution in [0.4, 0.5) is 4.79 Å². The van der Waals surface area contributed by atoms with Gasteiger partial charge in [-0.15, -0.1) is 0 Å². The van der Waals surface area contributed by atoms with E-state index in [9.17, 15) is 9.59 Å². The van der Waals surface area contributed by atoms with Gasteiger partial charge in [-0.05, 0) is 36.0 Å². The Balaban J connectivity index is 2.10. The second kappa shape index (κ2) is 6.46. The Labute approximate surface area is 121 Å². The van der Waals surface area contributed by atoms with Gasteiger partial charge >= 0.3 is 12.0 Å². The molecule has 1 saturated carbocycles. The average Bonchev–Trinajstić information content (AvgIpc) is 2.92. The lowest BCUT2D eigenvalue weighted by atomic mass is 9.84. The van der Waals surface area contributed by atoms with E-state index in [0.29, 0.717) is 24.3 Å². The molecule has 1 aliphatic carbocycles. The van der Waals surface area contributed by atoms with Crippen molar-refractivity contribution in [3.05, 3.63) is 0 Å². The Kier molecular flexibility index (Phi) is 5.42. The van der Waals surface area contributed by atoms with Gasteiger partial charge in [0, 0.05) is 19.5 Å². The predicted molar refractivity (Wildman–Crippen MR) is 78.6 cm³/mol. The van der Waals surface area contributed by atoms with Crippen molar-refractivity contribution in [3.8, 4) is 0 Å². The van der Waals surface area contributed by atoms with Gasteiger partial charge in [-0.2, -0.15) is 0 Å². The monoisotopic (exact) mass is 284 g/mol. The first-order valence-corrected chi connectivity index (χ1v) is 7.36. The molecule has 20 heavy (non-hydrogen) atoms. The van der Waals surface area contributed by atoms with Crippen LogP contribution in [0.15, 0.2) is 0 Å². The zero-order valence-electron chi connectivity index (χ0n) is 13.1. The third-order valence-electron chi connectivity index (χ3n) is 4.33. The number of hydrogen-bond acceptors (Lipinski definition) is 2. The van der Waals surface area contributed by atoms with E-state index >= 15 is 0 Å². The SMILES string of the molecule is CC(C)(CCNC(=O)NCC1CC1(C)C)CCC(=O)O. The van der Waals surface area contributed by atoms with Crippen LogP contribution in [0.25, 0.3) is 0 Å². The molecule has 1 fully saturated rings. The van der Waals surface area contributed by atoms with Crippen LogP contribution in [-0.4, -0.2) is 30.2 Å². The number of amides is 2. The molecule has 0 radical (unpaired) electrons. The fourth-order valence-corrected chi connectivity index (χ4v) is 2.29. The molecule has 5 nitrogen and oxygen atoms in total. The molecule has 0 spiro atoms. The maximum Gasteiger partial charge on any atom is 0.314 e. The van der Waals surface area contributed by atoms with Crippen LogP contribution in [0, 0.1) is 16.7 Å². The smallest absolute Gasteiger partial charge is 0.314 e. The second-order valence-corrected chi connectivity index (χ2v) is 7.33. The first kappa shape index (κ1) is 16.8. The summed E-state index contributed by atoms with van der Waals surface area (Å²) in [5, 5.41) is 14.4. The van der Waals surface area contributed by atoms with E-state index in [-0.39, 0.29) is 17.9 Å². The summed E-state index contributed by atoms with van der Waals surface area (Å²) in [6.07, 6.45) is 2.76. The zero-order valence-corrected chi connectivity index (χ0v) is 13.1. The van der Waals surface area contributed by atoms with Gasteiger partial charge in [0.15, 0.2) is 0 Å². The maximum atomic E-state index is 11.6. The number of nitrogens with one attached hydrogen (secondary N) is 2. The van der Waals surface area contributed by atoms with Gasteiger partial charge in [0.1, 0.15) is 0 Å². The number of carboxylic acids is 1. The Morgan fingerprint density at radius 2 is 1.85 bits per heavy atom. The van der Waals surface area contributed by atoms with E-state index in [0.717, 1.165) is 13.0 Å². The van der Waals surface area contributed by atoms with Crippen LogP contribution in [0.3, 0.4) is 0 Å². The van der Waals surface area contributed by atoms with Gasteiger partial charge in [0.25, 0.3) is 0 Å². The highest BCUT2D eigenvalue weighted by molar-refractivity contribution is 5.73. The number of aliphatic carboxylic acids is 1. The standard InChI is InChI=1S/C15H28N2O3/c1-14(2,6-5-12(18)19)7-8-16-13(20)17-10-11-9-15(11,3)4/h11H,5-10H2,1-4H3,(H,18,19)(H2,16,17,20). The van der Waals surface area contributed by atoms with Gasteiger partial charge < -0.3 is 15.7 Å². The van der Waals surface area contributed by atoms with Gasteiger partial charge in [-0.1, -0.05) is 27.7 Å². The van der Waals surface area contributed by atoms with Crippen molar-refractivity contribution in [1.29, 1.82) is 0 Å². The largest absolute Gasteiger partial charge is 0.481 e. The molecule has 3 N–H and O–H groups in total. The van der Waals surface area contributed by atoms with Crippen LogP contribution in [0.1, 0.15) is 53.4 Å². The van der Waals surface area contributed by atoms with Gasteiger partial charge in [-0.25, -0.2) is 4.79 Å². The molecule has 0 saturated heterocycles. The fraction of sp³-hybridized carbons (Fsp3) is 0.867. The molecule has 0 aromatic rings. The average molecular weight is 284 g/mol. The quantitative estimate of drug-likeness (QED) is 0.641. The molecule has 0 aliphatic heterocycles. The molecule has 1 unspecified atom stereocenters. The van der Waals surface area contributed by atoms with Gasteiger partial charge in [-0.3, -0.25) is 4.79 Å². The molecule has 0 aromatic heterocycles. The topological polar surface area (TPSA) is 78.4 Å². The minimum Gasteiger partial charge on any atom is -0.481 e. The normalized spacial score (nSPS) is 20.3. The number of rotatable bonds is 8.